The fraction of sp³-hybridized carbons (Fsp3) is 0.120. The van der Waals surface area contributed by atoms with Gasteiger partial charge >= 0.3 is 0 Å². The van der Waals surface area contributed by atoms with E-state index < -0.39 is 9.84 Å². The fourth-order valence-electron chi connectivity index (χ4n) is 2.87. The maximum atomic E-state index is 11.8. The molecule has 0 spiro atoms. The normalized spacial score (nSPS) is 11.0. The van der Waals surface area contributed by atoms with Crippen LogP contribution in [0.15, 0.2) is 90.3 Å². The molecule has 0 fully saturated rings. The summed E-state index contributed by atoms with van der Waals surface area (Å²) in [5.41, 5.74) is 15.7. The number of rotatable bonds is 7. The molecule has 3 rings (SSSR count). The van der Waals surface area contributed by atoms with E-state index in [9.17, 15) is 8.42 Å². The Morgan fingerprint density at radius 2 is 1.58 bits per heavy atom. The highest BCUT2D eigenvalue weighted by molar-refractivity contribution is 7.91. The van der Waals surface area contributed by atoms with E-state index in [2.05, 4.69) is 6.58 Å². The van der Waals surface area contributed by atoms with Crippen molar-refractivity contribution in [3.05, 3.63) is 102 Å². The Hall–Kier alpha value is -3.35. The van der Waals surface area contributed by atoms with Crippen LogP contribution in [0.3, 0.4) is 0 Å². The first kappa shape index (κ1) is 23.9. The van der Waals surface area contributed by atoms with Gasteiger partial charge in [-0.1, -0.05) is 72.8 Å². The lowest BCUT2D eigenvalue weighted by molar-refractivity contribution is 0.298. The van der Waals surface area contributed by atoms with Crippen LogP contribution in [-0.4, -0.2) is 25.9 Å². The van der Waals surface area contributed by atoms with Crippen molar-refractivity contribution in [1.29, 1.82) is 0 Å². The molecule has 5 nitrogen and oxygen atoms in total. The minimum Gasteiger partial charge on any atom is -0.399 e. The van der Waals surface area contributed by atoms with Crippen LogP contribution in [0, 0.1) is 0 Å². The third-order valence-electron chi connectivity index (χ3n) is 4.39. The highest BCUT2D eigenvalue weighted by Gasteiger charge is 2.15. The van der Waals surface area contributed by atoms with Gasteiger partial charge in [-0.15, -0.1) is 6.58 Å². The van der Waals surface area contributed by atoms with Crippen molar-refractivity contribution in [3.63, 3.8) is 0 Å². The second-order valence-electron chi connectivity index (χ2n) is 6.78. The molecule has 3 aromatic carbocycles. The van der Waals surface area contributed by atoms with Gasteiger partial charge in [0.1, 0.15) is 0 Å². The summed E-state index contributed by atoms with van der Waals surface area (Å²) in [7, 11) is -3.29. The molecule has 0 saturated heterocycles. The third-order valence-corrected chi connectivity index (χ3v) is 6.13. The maximum Gasteiger partial charge on any atom is 0.182 e. The monoisotopic (exact) mass is 436 g/mol. The predicted molar refractivity (Wildman–Crippen MR) is 130 cm³/mol. The molecule has 0 amide bonds. The zero-order valence-corrected chi connectivity index (χ0v) is 18.1. The first-order valence-corrected chi connectivity index (χ1v) is 11.4. The van der Waals surface area contributed by atoms with Gasteiger partial charge in [0.05, 0.1) is 10.6 Å². The van der Waals surface area contributed by atoms with E-state index in [1.807, 2.05) is 54.6 Å². The van der Waals surface area contributed by atoms with Gasteiger partial charge in [0.25, 0.3) is 0 Å². The molecule has 0 aliphatic rings. The smallest absolute Gasteiger partial charge is 0.182 e. The Bertz CT molecular complexity index is 1120. The SMILES string of the molecule is C=CCS(=O)(=O)c1ccccc1CCO.Nc1ccc(C=Cc2ccccc2)c(N)c1. The van der Waals surface area contributed by atoms with Crippen LogP contribution in [0.1, 0.15) is 16.7 Å². The largest absolute Gasteiger partial charge is 0.399 e. The van der Waals surface area contributed by atoms with Crippen LogP contribution >= 0.6 is 0 Å². The summed E-state index contributed by atoms with van der Waals surface area (Å²) >= 11 is 0. The van der Waals surface area contributed by atoms with Gasteiger partial charge in [-0.3, -0.25) is 0 Å². The van der Waals surface area contributed by atoms with Gasteiger partial charge in [0, 0.05) is 18.0 Å². The number of hydrogen-bond donors (Lipinski definition) is 3. The van der Waals surface area contributed by atoms with Crippen molar-refractivity contribution >= 4 is 33.4 Å². The lowest BCUT2D eigenvalue weighted by Crippen LogP contribution is -2.08. The number of sulfone groups is 1. The average Bonchev–Trinajstić information content (AvgIpc) is 2.75. The third kappa shape index (κ3) is 7.44. The molecule has 0 heterocycles. The number of aliphatic hydroxyl groups excluding tert-OH is 1. The molecule has 0 saturated carbocycles. The van der Waals surface area contributed by atoms with Gasteiger partial charge in [-0.2, -0.15) is 0 Å². The second kappa shape index (κ2) is 11.7. The molecule has 6 heteroatoms. The molecule has 0 aromatic heterocycles. The summed E-state index contributed by atoms with van der Waals surface area (Å²) in [6.07, 6.45) is 5.74. The van der Waals surface area contributed by atoms with Gasteiger partial charge in [0.2, 0.25) is 0 Å². The van der Waals surface area contributed by atoms with E-state index in [4.69, 9.17) is 16.6 Å². The number of benzene rings is 3. The maximum absolute atomic E-state index is 11.8. The Morgan fingerprint density at radius 1 is 0.903 bits per heavy atom. The van der Waals surface area contributed by atoms with Crippen LogP contribution in [-0.2, 0) is 16.3 Å². The van der Waals surface area contributed by atoms with Gasteiger partial charge < -0.3 is 16.6 Å². The molecule has 0 radical (unpaired) electrons. The Kier molecular flexibility index (Phi) is 9.06. The van der Waals surface area contributed by atoms with E-state index in [0.29, 0.717) is 28.3 Å². The number of nitrogen functional groups attached to an aromatic ring is 2. The van der Waals surface area contributed by atoms with Gasteiger partial charge in [0.15, 0.2) is 9.84 Å². The van der Waals surface area contributed by atoms with E-state index in [1.165, 1.54) is 6.08 Å². The van der Waals surface area contributed by atoms with Crippen molar-refractivity contribution in [2.24, 2.45) is 0 Å². The second-order valence-corrected chi connectivity index (χ2v) is 8.79. The molecule has 3 aromatic rings. The summed E-state index contributed by atoms with van der Waals surface area (Å²) in [6, 6.07) is 22.3. The Balaban J connectivity index is 0.000000221. The van der Waals surface area contributed by atoms with Crippen LogP contribution in [0.5, 0.6) is 0 Å². The predicted octanol–water partition coefficient (Wildman–Crippen LogP) is 4.20. The standard InChI is InChI=1S/C14H14N2.C11H14O3S/c15-13-9-8-12(14(16)10-13)7-6-11-4-2-1-3-5-11;1-2-9-15(13,14)11-6-4-3-5-10(11)7-8-12/h1-10H,15-16H2;2-6,12H,1,7-9H2. The summed E-state index contributed by atoms with van der Waals surface area (Å²) in [4.78, 5) is 0.291. The number of aliphatic hydroxyl groups is 1. The summed E-state index contributed by atoms with van der Waals surface area (Å²) in [5, 5.41) is 8.82. The van der Waals surface area contributed by atoms with Crippen molar-refractivity contribution < 1.29 is 13.5 Å². The Morgan fingerprint density at radius 3 is 2.23 bits per heavy atom. The molecule has 0 atom stereocenters. The molecule has 31 heavy (non-hydrogen) atoms. The first-order chi connectivity index (χ1) is 14.9. The van der Waals surface area contributed by atoms with E-state index in [1.54, 1.807) is 30.3 Å². The average molecular weight is 437 g/mol. The molecule has 0 aliphatic heterocycles. The zero-order valence-electron chi connectivity index (χ0n) is 17.3. The molecule has 0 unspecified atom stereocenters. The molecule has 5 N–H and O–H groups in total. The zero-order chi connectivity index (χ0) is 22.7. The van der Waals surface area contributed by atoms with Crippen LogP contribution in [0.4, 0.5) is 11.4 Å². The van der Waals surface area contributed by atoms with Crippen LogP contribution in [0.25, 0.3) is 12.2 Å². The number of nitrogens with two attached hydrogens (primary N) is 2. The van der Waals surface area contributed by atoms with Crippen molar-refractivity contribution in [1.82, 2.24) is 0 Å². The molecular weight excluding hydrogens is 408 g/mol. The topological polar surface area (TPSA) is 106 Å². The lowest BCUT2D eigenvalue weighted by Gasteiger charge is -2.07. The lowest BCUT2D eigenvalue weighted by atomic mass is 10.1. The highest BCUT2D eigenvalue weighted by atomic mass is 32.2. The first-order valence-electron chi connectivity index (χ1n) is 9.78. The molecular formula is C25H28N2O3S. The van der Waals surface area contributed by atoms with Crippen molar-refractivity contribution in [2.75, 3.05) is 23.8 Å². The minimum absolute atomic E-state index is 0.0549. The van der Waals surface area contributed by atoms with Gasteiger partial charge in [-0.25, -0.2) is 8.42 Å². The van der Waals surface area contributed by atoms with Crippen LogP contribution in [0.2, 0.25) is 0 Å². The van der Waals surface area contributed by atoms with Gasteiger partial charge in [-0.05, 0) is 41.3 Å². The minimum atomic E-state index is -3.29. The number of hydrogen-bond acceptors (Lipinski definition) is 5. The summed E-state index contributed by atoms with van der Waals surface area (Å²) in [6.45, 7) is 3.36. The molecule has 0 aliphatic carbocycles. The molecule has 162 valence electrons. The summed E-state index contributed by atoms with van der Waals surface area (Å²) < 4.78 is 23.5. The van der Waals surface area contributed by atoms with E-state index >= 15 is 0 Å². The summed E-state index contributed by atoms with van der Waals surface area (Å²) in [5.74, 6) is -0.0740. The molecule has 0 bridgehead atoms. The quantitative estimate of drug-likeness (QED) is 0.292. The highest BCUT2D eigenvalue weighted by Crippen LogP contribution is 2.19. The fourth-order valence-corrected chi connectivity index (χ4v) is 4.22. The van der Waals surface area contributed by atoms with Crippen molar-refractivity contribution in [3.8, 4) is 0 Å². The number of anilines is 2. The van der Waals surface area contributed by atoms with E-state index in [0.717, 1.165) is 11.1 Å². The van der Waals surface area contributed by atoms with Crippen LogP contribution < -0.4 is 11.5 Å². The Labute approximate surface area is 184 Å². The van der Waals surface area contributed by atoms with Crippen molar-refractivity contribution in [2.45, 2.75) is 11.3 Å². The van der Waals surface area contributed by atoms with E-state index in [-0.39, 0.29) is 12.4 Å².